The maximum atomic E-state index is 11.5. The Morgan fingerprint density at radius 2 is 2.03 bits per heavy atom. The van der Waals surface area contributed by atoms with E-state index in [4.69, 9.17) is 10.2 Å². The molecule has 5 heteroatoms. The van der Waals surface area contributed by atoms with Gasteiger partial charge < -0.3 is 15.3 Å². The summed E-state index contributed by atoms with van der Waals surface area (Å²) in [6.07, 6.45) is 14.3. The summed E-state index contributed by atoms with van der Waals surface area (Å²) in [5, 5.41) is 9.23. The molecule has 0 aliphatic heterocycles. The first-order valence-corrected chi connectivity index (χ1v) is 12.5. The highest BCUT2D eigenvalue weighted by Gasteiger charge is 2.57. The van der Waals surface area contributed by atoms with Gasteiger partial charge in [-0.2, -0.15) is 0 Å². The van der Waals surface area contributed by atoms with E-state index in [1.165, 1.54) is 32.1 Å². The number of rotatable bonds is 4. The van der Waals surface area contributed by atoms with E-state index < -0.39 is 12.0 Å². The molecule has 0 radical (unpaired) electrons. The zero-order valence-corrected chi connectivity index (χ0v) is 19.4. The topological polar surface area (TPSA) is 93.5 Å². The Balaban J connectivity index is 1.34. The minimum Gasteiger partial charge on any atom is -0.480 e. The molecule has 0 saturated heterocycles. The van der Waals surface area contributed by atoms with E-state index in [1.54, 1.807) is 17.9 Å². The first kappa shape index (κ1) is 21.9. The van der Waals surface area contributed by atoms with Gasteiger partial charge in [0.15, 0.2) is 0 Å². The first-order valence-electron chi connectivity index (χ1n) is 12.5. The molecule has 0 amide bonds. The van der Waals surface area contributed by atoms with E-state index in [2.05, 4.69) is 19.9 Å². The summed E-state index contributed by atoms with van der Waals surface area (Å²) in [7, 11) is 0. The molecular formula is C27H37NO4. The number of carboxylic acids is 1. The Bertz CT molecular complexity index is 962. The molecule has 1 aromatic heterocycles. The van der Waals surface area contributed by atoms with Gasteiger partial charge in [-0.1, -0.05) is 25.5 Å². The summed E-state index contributed by atoms with van der Waals surface area (Å²) in [4.78, 5) is 22.7. The van der Waals surface area contributed by atoms with Crippen LogP contribution in [0.15, 0.2) is 39.3 Å². The highest BCUT2D eigenvalue weighted by atomic mass is 16.4. The maximum Gasteiger partial charge on any atom is 0.335 e. The Morgan fingerprint density at radius 3 is 2.75 bits per heavy atom. The average molecular weight is 440 g/mol. The van der Waals surface area contributed by atoms with Crippen LogP contribution in [0.25, 0.3) is 0 Å². The zero-order chi connectivity index (χ0) is 22.7. The molecule has 4 aliphatic rings. The van der Waals surface area contributed by atoms with Crippen LogP contribution in [0.4, 0.5) is 0 Å². The van der Waals surface area contributed by atoms with E-state index in [9.17, 15) is 14.7 Å². The third-order valence-electron chi connectivity index (χ3n) is 10.2. The van der Waals surface area contributed by atoms with Gasteiger partial charge >= 0.3 is 11.6 Å². The number of nitrogens with two attached hydrogens (primary N) is 1. The molecule has 0 spiro atoms. The Kier molecular flexibility index (Phi) is 5.39. The van der Waals surface area contributed by atoms with Crippen LogP contribution in [0.2, 0.25) is 0 Å². The van der Waals surface area contributed by atoms with Crippen molar-refractivity contribution in [3.05, 3.63) is 46.0 Å². The molecule has 3 saturated carbocycles. The fourth-order valence-corrected chi connectivity index (χ4v) is 8.42. The minimum atomic E-state index is -0.867. The molecule has 0 bridgehead atoms. The quantitative estimate of drug-likeness (QED) is 0.636. The number of carbonyl (C=O) groups is 1. The summed E-state index contributed by atoms with van der Waals surface area (Å²) in [5.74, 6) is 2.06. The van der Waals surface area contributed by atoms with Crippen LogP contribution >= 0.6 is 0 Å². The highest BCUT2D eigenvalue weighted by molar-refractivity contribution is 5.73. The van der Waals surface area contributed by atoms with Crippen molar-refractivity contribution in [1.29, 1.82) is 0 Å². The van der Waals surface area contributed by atoms with Gasteiger partial charge in [-0.15, -0.1) is 0 Å². The van der Waals surface area contributed by atoms with Crippen molar-refractivity contribution in [3.8, 4) is 0 Å². The standard InChI is InChI=1S/C27H37NO4/c1-26-11-9-16(14-23(28)25(30)31)13-18(26)4-5-19-21-7-6-20(17-3-8-24(29)32-15-17)27(21,2)12-10-22(19)26/h3,7-8,15-16,18-20,22-23H,4-6,9-14,28H2,1-2H3,(H,30,31)/t16-,18+,19-,20+,22-,23+,26-,27+/m0/s1. The lowest BCUT2D eigenvalue weighted by Gasteiger charge is -2.60. The molecule has 1 heterocycles. The summed E-state index contributed by atoms with van der Waals surface area (Å²) >= 11 is 0. The number of fused-ring (bicyclic) bond motifs is 5. The molecule has 174 valence electrons. The van der Waals surface area contributed by atoms with Crippen molar-refractivity contribution < 1.29 is 14.3 Å². The van der Waals surface area contributed by atoms with Crippen LogP contribution in [-0.2, 0) is 4.79 Å². The van der Waals surface area contributed by atoms with Crippen molar-refractivity contribution >= 4 is 5.97 Å². The molecule has 1 aromatic rings. The molecule has 8 atom stereocenters. The summed E-state index contributed by atoms with van der Waals surface area (Å²) in [6.45, 7) is 4.97. The predicted molar refractivity (Wildman–Crippen MR) is 123 cm³/mol. The summed E-state index contributed by atoms with van der Waals surface area (Å²) in [5.41, 5.74) is 8.93. The predicted octanol–water partition coefficient (Wildman–Crippen LogP) is 5.10. The van der Waals surface area contributed by atoms with Gasteiger partial charge in [0.25, 0.3) is 0 Å². The van der Waals surface area contributed by atoms with Crippen molar-refractivity contribution in [3.63, 3.8) is 0 Å². The van der Waals surface area contributed by atoms with Gasteiger partial charge in [0, 0.05) is 6.07 Å². The van der Waals surface area contributed by atoms with Gasteiger partial charge in [0.2, 0.25) is 0 Å². The number of hydrogen-bond donors (Lipinski definition) is 2. The number of hydrogen-bond acceptors (Lipinski definition) is 4. The van der Waals surface area contributed by atoms with E-state index in [1.807, 2.05) is 6.07 Å². The lowest BCUT2D eigenvalue weighted by molar-refractivity contribution is -0.139. The van der Waals surface area contributed by atoms with E-state index >= 15 is 0 Å². The van der Waals surface area contributed by atoms with Crippen LogP contribution in [0.5, 0.6) is 0 Å². The number of aliphatic carboxylic acids is 1. The second kappa shape index (κ2) is 7.86. The Labute approximate surface area is 190 Å². The minimum absolute atomic E-state index is 0.162. The first-order chi connectivity index (χ1) is 15.2. The van der Waals surface area contributed by atoms with Crippen LogP contribution < -0.4 is 11.4 Å². The van der Waals surface area contributed by atoms with Gasteiger partial charge in [0.05, 0.1) is 6.26 Å². The van der Waals surface area contributed by atoms with Gasteiger partial charge in [-0.25, -0.2) is 4.79 Å². The SMILES string of the molecule is C[C@]12CC[C@H](C[C@@H](N)C(=O)O)C[C@H]1CC[C@H]1C3=CC[C@H](c4ccc(=O)oc4)[C@@]3(C)CC[C@@H]12. The van der Waals surface area contributed by atoms with E-state index in [0.29, 0.717) is 35.5 Å². The number of allylic oxidation sites excluding steroid dienone is 2. The molecule has 5 nitrogen and oxygen atoms in total. The van der Waals surface area contributed by atoms with Gasteiger partial charge in [-0.05, 0) is 110 Å². The third-order valence-corrected chi connectivity index (χ3v) is 10.2. The fraction of sp³-hybridized carbons (Fsp3) is 0.704. The molecule has 0 aromatic carbocycles. The molecule has 4 aliphatic carbocycles. The molecule has 32 heavy (non-hydrogen) atoms. The van der Waals surface area contributed by atoms with Crippen LogP contribution in [0.1, 0.15) is 83.1 Å². The third kappa shape index (κ3) is 3.39. The van der Waals surface area contributed by atoms with Crippen molar-refractivity contribution in [2.75, 3.05) is 0 Å². The van der Waals surface area contributed by atoms with Crippen LogP contribution in [-0.4, -0.2) is 17.1 Å². The van der Waals surface area contributed by atoms with E-state index in [0.717, 1.165) is 30.7 Å². The number of carboxylic acid groups (broad SMARTS) is 1. The average Bonchev–Trinajstić information content (AvgIpc) is 3.11. The van der Waals surface area contributed by atoms with Gasteiger partial charge in [-0.3, -0.25) is 4.79 Å². The Morgan fingerprint density at radius 1 is 1.22 bits per heavy atom. The zero-order valence-electron chi connectivity index (χ0n) is 19.4. The Hall–Kier alpha value is -1.88. The van der Waals surface area contributed by atoms with Gasteiger partial charge in [0.1, 0.15) is 6.04 Å². The summed E-state index contributed by atoms with van der Waals surface area (Å²) in [6, 6.07) is 2.80. The van der Waals surface area contributed by atoms with Crippen LogP contribution in [0, 0.1) is 34.5 Å². The largest absolute Gasteiger partial charge is 0.480 e. The molecule has 0 unspecified atom stereocenters. The second-order valence-electron chi connectivity index (χ2n) is 11.6. The fourth-order valence-electron chi connectivity index (χ4n) is 8.42. The second-order valence-corrected chi connectivity index (χ2v) is 11.6. The smallest absolute Gasteiger partial charge is 0.335 e. The normalized spacial score (nSPS) is 41.7. The monoisotopic (exact) mass is 439 g/mol. The highest BCUT2D eigenvalue weighted by Crippen LogP contribution is 2.67. The molecular weight excluding hydrogens is 402 g/mol. The lowest BCUT2D eigenvalue weighted by Crippen LogP contribution is -2.51. The van der Waals surface area contributed by atoms with Crippen molar-refractivity contribution in [2.45, 2.75) is 83.6 Å². The van der Waals surface area contributed by atoms with Crippen LogP contribution in [0.3, 0.4) is 0 Å². The summed E-state index contributed by atoms with van der Waals surface area (Å²) < 4.78 is 5.22. The van der Waals surface area contributed by atoms with Crippen molar-refractivity contribution in [2.24, 2.45) is 40.2 Å². The van der Waals surface area contributed by atoms with E-state index in [-0.39, 0.29) is 11.0 Å². The molecule has 5 rings (SSSR count). The lowest BCUT2D eigenvalue weighted by atomic mass is 9.45. The maximum absolute atomic E-state index is 11.5. The molecule has 3 fully saturated rings. The molecule has 3 N–H and O–H groups in total. The van der Waals surface area contributed by atoms with Crippen molar-refractivity contribution in [1.82, 2.24) is 0 Å².